The van der Waals surface area contributed by atoms with Gasteiger partial charge < -0.3 is 36.9 Å². The highest BCUT2D eigenvalue weighted by atomic mass is 32.1. The number of fused-ring (bicyclic) bond motifs is 1. The van der Waals surface area contributed by atoms with E-state index in [1.807, 2.05) is 42.5 Å². The van der Waals surface area contributed by atoms with Crippen LogP contribution in [0.25, 0.3) is 10.2 Å². The maximum atomic E-state index is 14.1. The van der Waals surface area contributed by atoms with Crippen molar-refractivity contribution in [2.75, 3.05) is 19.7 Å². The summed E-state index contributed by atoms with van der Waals surface area (Å²) in [6, 6.07) is 26.2. The van der Waals surface area contributed by atoms with Crippen LogP contribution in [0.15, 0.2) is 96.0 Å². The molecule has 0 aliphatic heterocycles. The van der Waals surface area contributed by atoms with E-state index in [-0.39, 0.29) is 23.2 Å². The molecule has 8 N–H and O–H groups in total. The topological polar surface area (TPSA) is 179 Å². The van der Waals surface area contributed by atoms with Crippen LogP contribution in [0.3, 0.4) is 0 Å². The number of ketones is 1. The Morgan fingerprint density at radius 3 is 2.28 bits per heavy atom. The van der Waals surface area contributed by atoms with Crippen molar-refractivity contribution < 1.29 is 24.5 Å². The van der Waals surface area contributed by atoms with Gasteiger partial charge in [-0.3, -0.25) is 9.79 Å². The van der Waals surface area contributed by atoms with Gasteiger partial charge in [0.05, 0.1) is 28.3 Å². The highest BCUT2D eigenvalue weighted by molar-refractivity contribution is 7.18. The Bertz CT molecular complexity index is 1750. The van der Waals surface area contributed by atoms with Crippen LogP contribution in [-0.2, 0) is 6.42 Å². The summed E-state index contributed by atoms with van der Waals surface area (Å²) in [5.41, 5.74) is 17.9. The summed E-state index contributed by atoms with van der Waals surface area (Å²) in [7, 11) is 0. The molecule has 5 aromatic rings. The number of guanidine groups is 1. The normalized spacial score (nSPS) is 11.3. The van der Waals surface area contributed by atoms with E-state index in [9.17, 15) is 15.0 Å². The predicted molar refractivity (Wildman–Crippen MR) is 188 cm³/mol. The van der Waals surface area contributed by atoms with Crippen molar-refractivity contribution in [3.05, 3.63) is 107 Å². The van der Waals surface area contributed by atoms with Crippen LogP contribution in [0.4, 0.5) is 0 Å². The number of aromatic nitrogens is 1. The quantitative estimate of drug-likeness (QED) is 0.0386. The van der Waals surface area contributed by atoms with E-state index in [1.54, 1.807) is 48.5 Å². The molecule has 1 aromatic heterocycles. The van der Waals surface area contributed by atoms with Crippen molar-refractivity contribution in [1.82, 2.24) is 4.98 Å². The molecule has 1 unspecified atom stereocenters. The van der Waals surface area contributed by atoms with Crippen molar-refractivity contribution in [2.24, 2.45) is 22.2 Å². The van der Waals surface area contributed by atoms with Gasteiger partial charge in [-0.25, -0.2) is 4.98 Å². The minimum atomic E-state index is -0.562. The van der Waals surface area contributed by atoms with Gasteiger partial charge in [-0.05, 0) is 92.0 Å². The van der Waals surface area contributed by atoms with Crippen LogP contribution < -0.4 is 26.7 Å². The Kier molecular flexibility index (Phi) is 13.0. The molecule has 1 atom stereocenters. The molecule has 1 heterocycles. The second-order valence-corrected chi connectivity index (χ2v) is 11.8. The monoisotopic (exact) mass is 655 g/mol. The van der Waals surface area contributed by atoms with Crippen LogP contribution >= 0.6 is 11.3 Å². The highest BCUT2D eigenvalue weighted by Gasteiger charge is 2.28. The molecule has 0 fully saturated rings. The maximum absolute atomic E-state index is 14.1. The molecule has 0 saturated carbocycles. The van der Waals surface area contributed by atoms with Gasteiger partial charge in [-0.15, -0.1) is 11.3 Å². The van der Waals surface area contributed by atoms with Crippen LogP contribution in [0.1, 0.15) is 53.0 Å². The number of unbranched alkanes of at least 4 members (excludes halogenated alkanes) is 1. The van der Waals surface area contributed by atoms with Gasteiger partial charge in [0.1, 0.15) is 33.8 Å². The number of aromatic hydroxyl groups is 2. The number of nitrogens with zero attached hydrogens (tertiary/aromatic N) is 2. The average molecular weight is 656 g/mol. The standard InChI is InChI=1S/C31H28N2O5S.C5H13N3/c32-16-3-17-37-28-5-2-1-4-25(28)30(36)26(18-20-6-8-21(34)9-7-20)31-33-27-15-14-24(19-29(27)39-31)38-23-12-10-22(35)11-13-23;1-2-3-4-8-5(6)7/h1-2,4-15,19,26,34-35H,3,16-18,32H2;2-4H2,1H3,(H4,6,7,8). The number of phenols is 2. The number of carbonyl (C=O) groups is 1. The first kappa shape index (κ1) is 34.7. The lowest BCUT2D eigenvalue weighted by Gasteiger charge is -2.17. The summed E-state index contributed by atoms with van der Waals surface area (Å²) < 4.78 is 12.7. The van der Waals surface area contributed by atoms with Crippen molar-refractivity contribution in [3.8, 4) is 28.7 Å². The molecule has 0 aliphatic carbocycles. The zero-order valence-corrected chi connectivity index (χ0v) is 27.2. The van der Waals surface area contributed by atoms with E-state index in [1.165, 1.54) is 11.3 Å². The van der Waals surface area contributed by atoms with E-state index < -0.39 is 5.92 Å². The summed E-state index contributed by atoms with van der Waals surface area (Å²) >= 11 is 1.45. The lowest BCUT2D eigenvalue weighted by Crippen LogP contribution is -2.22. The third kappa shape index (κ3) is 10.5. The number of hydrogen-bond donors (Lipinski definition) is 5. The van der Waals surface area contributed by atoms with Crippen LogP contribution in [0, 0.1) is 0 Å². The average Bonchev–Trinajstić information content (AvgIpc) is 3.49. The van der Waals surface area contributed by atoms with Gasteiger partial charge in [0.25, 0.3) is 0 Å². The van der Waals surface area contributed by atoms with Crippen molar-refractivity contribution in [2.45, 2.75) is 38.5 Å². The number of para-hydroxylation sites is 1. The first-order valence-corrected chi connectivity index (χ1v) is 16.3. The minimum absolute atomic E-state index is 0.0916. The predicted octanol–water partition coefficient (Wildman–Crippen LogP) is 6.50. The molecule has 47 heavy (non-hydrogen) atoms. The summed E-state index contributed by atoms with van der Waals surface area (Å²) in [4.78, 5) is 22.7. The number of nitrogens with two attached hydrogens (primary N) is 3. The summed E-state index contributed by atoms with van der Waals surface area (Å²) in [5.74, 6) is 1.63. The van der Waals surface area contributed by atoms with Crippen LogP contribution in [0.2, 0.25) is 0 Å². The molecule has 5 rings (SSSR count). The lowest BCUT2D eigenvalue weighted by molar-refractivity contribution is 0.0954. The third-order valence-electron chi connectivity index (χ3n) is 7.00. The molecule has 10 nitrogen and oxygen atoms in total. The highest BCUT2D eigenvalue weighted by Crippen LogP contribution is 2.36. The number of benzene rings is 4. The molecule has 0 radical (unpaired) electrons. The van der Waals surface area contributed by atoms with Crippen molar-refractivity contribution >= 4 is 33.3 Å². The molecule has 4 aromatic carbocycles. The van der Waals surface area contributed by atoms with E-state index in [2.05, 4.69) is 11.9 Å². The number of hydrogen-bond acceptors (Lipinski definition) is 9. The smallest absolute Gasteiger partial charge is 0.185 e. The Hall–Kier alpha value is -5.13. The zero-order chi connectivity index (χ0) is 33.6. The Morgan fingerprint density at radius 1 is 0.915 bits per heavy atom. The number of phenolic OH excluding ortho intramolecular Hbond substituents is 2. The molecule has 0 saturated heterocycles. The van der Waals surface area contributed by atoms with Gasteiger partial charge in [-0.2, -0.15) is 0 Å². The number of Topliss-reactive ketones (excluding diaryl/α,β-unsaturated/α-hetero) is 1. The fourth-order valence-corrected chi connectivity index (χ4v) is 5.66. The Balaban J connectivity index is 0.000000555. The van der Waals surface area contributed by atoms with E-state index in [0.717, 1.165) is 35.2 Å². The SMILES string of the molecule is CCCCN=C(N)N.NCCCOc1ccccc1C(=O)C(Cc1ccc(O)cc1)c1nc2ccc(Oc3ccc(O)cc3)cc2s1. The second-order valence-electron chi connectivity index (χ2n) is 10.7. The van der Waals surface area contributed by atoms with Crippen LogP contribution in [-0.4, -0.2) is 46.6 Å². The number of thiazole rings is 1. The van der Waals surface area contributed by atoms with Gasteiger partial charge in [0.15, 0.2) is 11.7 Å². The summed E-state index contributed by atoms with van der Waals surface area (Å²) in [5, 5.41) is 20.0. The van der Waals surface area contributed by atoms with Gasteiger partial charge >= 0.3 is 0 Å². The molecule has 0 spiro atoms. The van der Waals surface area contributed by atoms with E-state index in [0.29, 0.717) is 53.8 Å². The zero-order valence-electron chi connectivity index (χ0n) is 26.3. The van der Waals surface area contributed by atoms with Gasteiger partial charge in [0, 0.05) is 12.6 Å². The molecular formula is C36H41N5O5S. The molecule has 0 bridgehead atoms. The van der Waals surface area contributed by atoms with E-state index >= 15 is 0 Å². The second kappa shape index (κ2) is 17.5. The van der Waals surface area contributed by atoms with Crippen LogP contribution in [0.5, 0.6) is 28.7 Å². The first-order chi connectivity index (χ1) is 22.8. The molecule has 246 valence electrons. The molecule has 0 aliphatic rings. The molecular weight excluding hydrogens is 614 g/mol. The largest absolute Gasteiger partial charge is 0.508 e. The molecule has 0 amide bonds. The first-order valence-electron chi connectivity index (χ1n) is 15.4. The number of ether oxygens (including phenoxy) is 2. The minimum Gasteiger partial charge on any atom is -0.508 e. The Morgan fingerprint density at radius 2 is 1.60 bits per heavy atom. The number of aliphatic imine (C=N–C) groups is 1. The van der Waals surface area contributed by atoms with Crippen molar-refractivity contribution in [3.63, 3.8) is 0 Å². The third-order valence-corrected chi connectivity index (χ3v) is 8.14. The number of rotatable bonds is 14. The summed E-state index contributed by atoms with van der Waals surface area (Å²) in [6.45, 7) is 3.79. The lowest BCUT2D eigenvalue weighted by atomic mass is 9.91. The maximum Gasteiger partial charge on any atom is 0.185 e. The van der Waals surface area contributed by atoms with Gasteiger partial charge in [-0.1, -0.05) is 37.6 Å². The fourth-order valence-electron chi connectivity index (χ4n) is 4.56. The van der Waals surface area contributed by atoms with Gasteiger partial charge in [0.2, 0.25) is 0 Å². The number of carbonyl (C=O) groups excluding carboxylic acids is 1. The molecule has 11 heteroatoms. The summed E-state index contributed by atoms with van der Waals surface area (Å²) in [6.07, 6.45) is 3.30. The Labute approximate surface area is 278 Å². The van der Waals surface area contributed by atoms with E-state index in [4.69, 9.17) is 31.7 Å². The fraction of sp³-hybridized carbons (Fsp3) is 0.250. The van der Waals surface area contributed by atoms with Crippen molar-refractivity contribution in [1.29, 1.82) is 0 Å².